The molecular formula is C49H72O15. The lowest BCUT2D eigenvalue weighted by Gasteiger charge is -2.41. The highest BCUT2D eigenvalue weighted by molar-refractivity contribution is 5.78. The third kappa shape index (κ3) is 11.3. The van der Waals surface area contributed by atoms with Crippen LogP contribution in [0.1, 0.15) is 138 Å². The number of rotatable bonds is 14. The number of ether oxygens (including phenoxy) is 8. The second-order valence-electron chi connectivity index (χ2n) is 20.6. The molecule has 0 aromatic rings. The van der Waals surface area contributed by atoms with E-state index >= 15 is 0 Å². The molecule has 6 saturated heterocycles. The van der Waals surface area contributed by atoms with Crippen LogP contribution in [0.25, 0.3) is 0 Å². The predicted octanol–water partition coefficient (Wildman–Crippen LogP) is 6.48. The van der Waals surface area contributed by atoms with E-state index < -0.39 is 18.0 Å². The van der Waals surface area contributed by atoms with Crippen molar-refractivity contribution in [2.45, 2.75) is 174 Å². The Labute approximate surface area is 377 Å². The van der Waals surface area contributed by atoms with Crippen molar-refractivity contribution in [1.29, 1.82) is 0 Å². The van der Waals surface area contributed by atoms with Gasteiger partial charge in [0.15, 0.2) is 6.61 Å². The monoisotopic (exact) mass is 900 g/mol. The van der Waals surface area contributed by atoms with Crippen LogP contribution >= 0.6 is 0 Å². The number of esters is 7. The maximum Gasteiger partial charge on any atom is 0.344 e. The highest BCUT2D eigenvalue weighted by Gasteiger charge is 2.54. The molecule has 18 unspecified atom stereocenters. The molecule has 6 aliphatic carbocycles. The lowest BCUT2D eigenvalue weighted by Crippen LogP contribution is -2.45. The van der Waals surface area contributed by atoms with Gasteiger partial charge in [-0.2, -0.15) is 0 Å². The lowest BCUT2D eigenvalue weighted by molar-refractivity contribution is -0.178. The van der Waals surface area contributed by atoms with Crippen molar-refractivity contribution >= 4 is 41.8 Å². The van der Waals surface area contributed by atoms with Gasteiger partial charge < -0.3 is 37.9 Å². The molecule has 0 aromatic heterocycles. The Balaban J connectivity index is 0.000000144. The zero-order valence-corrected chi connectivity index (χ0v) is 38.7. The Morgan fingerprint density at radius 3 is 1.33 bits per heavy atom. The molecule has 15 nitrogen and oxygen atoms in total. The average Bonchev–Trinajstić information content (AvgIpc) is 3.64. The number of carbonyl (C=O) groups excluding carboxylic acids is 7. The van der Waals surface area contributed by atoms with Crippen LogP contribution in [0.3, 0.4) is 0 Å². The molecule has 0 amide bonds. The molecule has 12 bridgehead atoms. The fourth-order valence-electron chi connectivity index (χ4n) is 12.1. The van der Waals surface area contributed by atoms with Gasteiger partial charge in [-0.25, -0.2) is 4.79 Å². The number of carbonyl (C=O) groups is 7. The molecule has 0 aromatic carbocycles. The topological polar surface area (TPSA) is 193 Å². The molecule has 0 spiro atoms. The van der Waals surface area contributed by atoms with E-state index in [-0.39, 0.29) is 115 Å². The van der Waals surface area contributed by atoms with Crippen molar-refractivity contribution in [3.8, 4) is 0 Å². The van der Waals surface area contributed by atoms with Crippen molar-refractivity contribution in [2.75, 3.05) is 19.8 Å². The SMILES string of the molecule is CCC(C)C(=O)OC1C2CC3CC(C2)C(=O)OC1C3.CCC(C)C(=O)OCC(=O)OC1C2CC3CC(C2)C(=O)OC1C3.CCC(C)C(=O)OCCOC1C2CC3CC(C2)C(=O)OC1C3. The maximum atomic E-state index is 12.0. The molecule has 6 aliphatic heterocycles. The van der Waals surface area contributed by atoms with Gasteiger partial charge in [-0.15, -0.1) is 0 Å². The largest absolute Gasteiger partial charge is 0.463 e. The Bertz CT molecular complexity index is 1710. The van der Waals surface area contributed by atoms with E-state index in [1.165, 1.54) is 0 Å². The van der Waals surface area contributed by atoms with Crippen molar-refractivity contribution in [3.05, 3.63) is 0 Å². The summed E-state index contributed by atoms with van der Waals surface area (Å²) in [4.78, 5) is 83.1. The Hall–Kier alpha value is -3.75. The molecule has 6 heterocycles. The molecular weight excluding hydrogens is 829 g/mol. The minimum Gasteiger partial charge on any atom is -0.463 e. The quantitative estimate of drug-likeness (QED) is 0.104. The number of hydrogen-bond donors (Lipinski definition) is 0. The van der Waals surface area contributed by atoms with Gasteiger partial charge in [0, 0.05) is 11.8 Å². The molecule has 0 radical (unpaired) electrons. The van der Waals surface area contributed by atoms with Crippen molar-refractivity contribution in [2.24, 2.45) is 71.0 Å². The van der Waals surface area contributed by atoms with Gasteiger partial charge in [0.2, 0.25) is 0 Å². The first kappa shape index (κ1) is 48.2. The number of fused-ring (bicyclic) bond motifs is 3. The van der Waals surface area contributed by atoms with Crippen LogP contribution in [0.15, 0.2) is 0 Å². The first-order valence-corrected chi connectivity index (χ1v) is 24.6. The lowest BCUT2D eigenvalue weighted by atomic mass is 9.67. The highest BCUT2D eigenvalue weighted by Crippen LogP contribution is 2.50. The highest BCUT2D eigenvalue weighted by atomic mass is 16.6. The van der Waals surface area contributed by atoms with E-state index in [0.29, 0.717) is 42.6 Å². The third-order valence-corrected chi connectivity index (χ3v) is 16.1. The van der Waals surface area contributed by atoms with Crippen LogP contribution in [-0.4, -0.2) is 98.2 Å². The van der Waals surface area contributed by atoms with Gasteiger partial charge in [0.25, 0.3) is 0 Å². The van der Waals surface area contributed by atoms with Crippen LogP contribution in [0.4, 0.5) is 0 Å². The third-order valence-electron chi connectivity index (χ3n) is 16.1. The van der Waals surface area contributed by atoms with E-state index in [1.54, 1.807) is 6.92 Å². The van der Waals surface area contributed by atoms with Crippen LogP contribution < -0.4 is 0 Å². The van der Waals surface area contributed by atoms with Crippen LogP contribution in [0.2, 0.25) is 0 Å². The molecule has 12 aliphatic rings. The fraction of sp³-hybridized carbons (Fsp3) is 0.857. The van der Waals surface area contributed by atoms with Gasteiger partial charge in [0.05, 0.1) is 48.2 Å². The van der Waals surface area contributed by atoms with Gasteiger partial charge in [-0.05, 0) is 120 Å². The summed E-state index contributed by atoms with van der Waals surface area (Å²) in [5.41, 5.74) is 0. The summed E-state index contributed by atoms with van der Waals surface area (Å²) in [6, 6.07) is 0. The van der Waals surface area contributed by atoms with E-state index in [4.69, 9.17) is 37.9 Å². The zero-order valence-electron chi connectivity index (χ0n) is 38.7. The molecule has 6 saturated carbocycles. The summed E-state index contributed by atoms with van der Waals surface area (Å²) < 4.78 is 44.0. The smallest absolute Gasteiger partial charge is 0.344 e. The molecule has 12 rings (SSSR count). The van der Waals surface area contributed by atoms with Crippen LogP contribution in [0, 0.1) is 71.0 Å². The molecule has 15 heteroatoms. The minimum absolute atomic E-state index is 0.0206. The second-order valence-corrected chi connectivity index (χ2v) is 20.6. The van der Waals surface area contributed by atoms with Crippen molar-refractivity contribution in [3.63, 3.8) is 0 Å². The standard InChI is InChI=1S/C17H24O6.C17H26O5.C15H22O4/c1-3-9(2)16(19)21-8-14(18)23-15-11-4-10-5-12(7-11)17(20)22-13(15)6-10;1-3-10(2)16(18)21-5-4-20-15-12-6-11-7-13(9-12)17(19)22-14(15)8-11;1-3-8(2)14(16)19-13-10-4-9-5-11(7-10)15(17)18-12(13)6-9/h9-13,15H,3-8H2,1-2H3;10-15H,3-9H2,1-2H3;8-13H,3-7H2,1-2H3. The van der Waals surface area contributed by atoms with Gasteiger partial charge >= 0.3 is 41.8 Å². The van der Waals surface area contributed by atoms with Crippen LogP contribution in [0.5, 0.6) is 0 Å². The fourth-order valence-corrected chi connectivity index (χ4v) is 12.1. The van der Waals surface area contributed by atoms with E-state index in [1.807, 2.05) is 34.6 Å². The summed E-state index contributed by atoms with van der Waals surface area (Å²) in [6.07, 6.45) is 12.1. The number of hydrogen-bond acceptors (Lipinski definition) is 15. The zero-order chi connectivity index (χ0) is 45.8. The van der Waals surface area contributed by atoms with Gasteiger partial charge in [-0.1, -0.05) is 41.5 Å². The summed E-state index contributed by atoms with van der Waals surface area (Å²) in [5, 5.41) is 0. The second kappa shape index (κ2) is 21.3. The van der Waals surface area contributed by atoms with Crippen molar-refractivity contribution < 1.29 is 71.5 Å². The summed E-state index contributed by atoms with van der Waals surface area (Å²) in [5.74, 6) is 0.795. The average molecular weight is 901 g/mol. The van der Waals surface area contributed by atoms with Gasteiger partial charge in [0.1, 0.15) is 37.1 Å². The first-order chi connectivity index (χ1) is 30.6. The van der Waals surface area contributed by atoms with Gasteiger partial charge in [-0.3, -0.25) is 28.8 Å². The molecule has 12 fully saturated rings. The maximum absolute atomic E-state index is 12.0. The molecule has 358 valence electrons. The molecule has 0 N–H and O–H groups in total. The minimum atomic E-state index is -0.560. The van der Waals surface area contributed by atoms with E-state index in [2.05, 4.69) is 0 Å². The summed E-state index contributed by atoms with van der Waals surface area (Å²) in [7, 11) is 0. The molecule has 64 heavy (non-hydrogen) atoms. The Morgan fingerprint density at radius 1 is 0.484 bits per heavy atom. The predicted molar refractivity (Wildman–Crippen MR) is 226 cm³/mol. The van der Waals surface area contributed by atoms with Crippen LogP contribution in [-0.2, 0) is 71.5 Å². The van der Waals surface area contributed by atoms with E-state index in [0.717, 1.165) is 89.9 Å². The van der Waals surface area contributed by atoms with Crippen molar-refractivity contribution in [1.82, 2.24) is 0 Å². The normalized spacial score (nSPS) is 38.2. The van der Waals surface area contributed by atoms with E-state index in [9.17, 15) is 33.6 Å². The first-order valence-electron chi connectivity index (χ1n) is 24.6. The molecule has 18 atom stereocenters. The Kier molecular flexibility index (Phi) is 16.0. The summed E-state index contributed by atoms with van der Waals surface area (Å²) >= 11 is 0. The Morgan fingerprint density at radius 2 is 0.875 bits per heavy atom. The summed E-state index contributed by atoms with van der Waals surface area (Å²) in [6.45, 7) is 11.6.